The van der Waals surface area contributed by atoms with Crippen molar-refractivity contribution in [1.29, 1.82) is 0 Å². The predicted molar refractivity (Wildman–Crippen MR) is 182 cm³/mol. The first-order chi connectivity index (χ1) is 18.8. The molecule has 0 aliphatic carbocycles. The highest BCUT2D eigenvalue weighted by atomic mass is 33.1. The quantitative estimate of drug-likeness (QED) is 0.0658. The Morgan fingerprint density at radius 3 is 1.11 bits per heavy atom. The number of benzene rings is 4. The van der Waals surface area contributed by atoms with Crippen molar-refractivity contribution < 1.29 is 0 Å². The zero-order valence-electron chi connectivity index (χ0n) is 21.4. The second-order valence-corrected chi connectivity index (χ2v) is 16.0. The second-order valence-electron chi connectivity index (χ2n) is 8.68. The van der Waals surface area contributed by atoms with E-state index < -0.39 is 0 Å². The summed E-state index contributed by atoms with van der Waals surface area (Å²) in [5.41, 5.74) is 2.83. The highest BCUT2D eigenvalue weighted by molar-refractivity contribution is 8.76. The zero-order chi connectivity index (χ0) is 26.1. The lowest BCUT2D eigenvalue weighted by Gasteiger charge is -2.18. The van der Waals surface area contributed by atoms with Gasteiger partial charge < -0.3 is 0 Å². The van der Waals surface area contributed by atoms with Gasteiger partial charge in [-0.2, -0.15) is 23.5 Å². The fourth-order valence-electron chi connectivity index (χ4n) is 3.63. The fourth-order valence-corrected chi connectivity index (χ4v) is 12.1. The molecule has 2 unspecified atom stereocenters. The SMILES string of the molecule is c1ccc(CSCC(CSSCC(CSCc2ccccc2)Sc2ccccc2)Sc2ccccc2)cc1. The third-order valence-electron chi connectivity index (χ3n) is 5.51. The van der Waals surface area contributed by atoms with E-state index >= 15 is 0 Å². The third-order valence-corrected chi connectivity index (χ3v) is 13.7. The highest BCUT2D eigenvalue weighted by Crippen LogP contribution is 2.36. The van der Waals surface area contributed by atoms with Crippen molar-refractivity contribution in [3.8, 4) is 0 Å². The van der Waals surface area contributed by atoms with Crippen molar-refractivity contribution in [2.45, 2.75) is 31.8 Å². The van der Waals surface area contributed by atoms with E-state index in [0.29, 0.717) is 10.5 Å². The first-order valence-corrected chi connectivity index (χ1v) is 19.3. The Morgan fingerprint density at radius 1 is 0.395 bits per heavy atom. The highest BCUT2D eigenvalue weighted by Gasteiger charge is 2.15. The minimum Gasteiger partial charge on any atom is -0.156 e. The van der Waals surface area contributed by atoms with E-state index in [4.69, 9.17) is 0 Å². The molecule has 4 rings (SSSR count). The molecular formula is C32H34S6. The molecule has 0 aliphatic heterocycles. The molecule has 198 valence electrons. The molecule has 0 spiro atoms. The number of hydrogen-bond donors (Lipinski definition) is 0. The van der Waals surface area contributed by atoms with Gasteiger partial charge in [-0.3, -0.25) is 0 Å². The van der Waals surface area contributed by atoms with E-state index in [1.807, 2.05) is 23.5 Å². The van der Waals surface area contributed by atoms with E-state index in [1.165, 1.54) is 20.9 Å². The Kier molecular flexibility index (Phi) is 14.5. The van der Waals surface area contributed by atoms with Gasteiger partial charge in [-0.15, -0.1) is 23.5 Å². The molecule has 38 heavy (non-hydrogen) atoms. The predicted octanol–water partition coefficient (Wildman–Crippen LogP) is 10.6. The Labute approximate surface area is 254 Å². The normalized spacial score (nSPS) is 12.7. The van der Waals surface area contributed by atoms with Crippen molar-refractivity contribution in [2.24, 2.45) is 0 Å². The Hall–Kier alpha value is -1.02. The van der Waals surface area contributed by atoms with Crippen LogP contribution in [0.15, 0.2) is 131 Å². The Morgan fingerprint density at radius 2 is 0.737 bits per heavy atom. The third kappa shape index (κ3) is 12.0. The molecule has 0 radical (unpaired) electrons. The average molecular weight is 611 g/mol. The Balaban J connectivity index is 1.26. The molecule has 0 saturated carbocycles. The van der Waals surface area contributed by atoms with E-state index in [1.54, 1.807) is 0 Å². The summed E-state index contributed by atoms with van der Waals surface area (Å²) >= 11 is 8.18. The molecular weight excluding hydrogens is 577 g/mol. The topological polar surface area (TPSA) is 0 Å². The van der Waals surface area contributed by atoms with Gasteiger partial charge in [-0.1, -0.05) is 119 Å². The lowest BCUT2D eigenvalue weighted by atomic mass is 10.2. The molecule has 0 heterocycles. The van der Waals surface area contributed by atoms with E-state index in [0.717, 1.165) is 34.5 Å². The minimum absolute atomic E-state index is 0.594. The molecule has 2 atom stereocenters. The van der Waals surface area contributed by atoms with E-state index in [2.05, 4.69) is 166 Å². The maximum atomic E-state index is 2.24. The second kappa shape index (κ2) is 18.4. The summed E-state index contributed by atoms with van der Waals surface area (Å²) in [6, 6.07) is 43.5. The standard InChI is InChI=1S/C32H34S6/c1-5-13-27(14-6-1)21-33-23-31(37-29-17-9-3-10-18-29)25-35-36-26-32(38-30-19-11-4-12-20-30)24-34-22-28-15-7-2-8-16-28/h1-20,31-32H,21-26H2. The van der Waals surface area contributed by atoms with Gasteiger partial charge in [-0.05, 0) is 35.4 Å². The van der Waals surface area contributed by atoms with Crippen LogP contribution in [0, 0.1) is 0 Å². The average Bonchev–Trinajstić information content (AvgIpc) is 2.97. The van der Waals surface area contributed by atoms with Gasteiger partial charge in [0.25, 0.3) is 0 Å². The van der Waals surface area contributed by atoms with Crippen LogP contribution >= 0.6 is 68.6 Å². The lowest BCUT2D eigenvalue weighted by Crippen LogP contribution is -2.12. The van der Waals surface area contributed by atoms with Crippen LogP contribution in [-0.2, 0) is 11.5 Å². The maximum absolute atomic E-state index is 2.24. The summed E-state index contributed by atoms with van der Waals surface area (Å²) in [6.07, 6.45) is 0. The number of thioether (sulfide) groups is 4. The van der Waals surface area contributed by atoms with Gasteiger partial charge in [-0.25, -0.2) is 0 Å². The number of rotatable bonds is 17. The van der Waals surface area contributed by atoms with E-state index in [-0.39, 0.29) is 0 Å². The van der Waals surface area contributed by atoms with Crippen molar-refractivity contribution in [1.82, 2.24) is 0 Å². The van der Waals surface area contributed by atoms with E-state index in [9.17, 15) is 0 Å². The molecule has 0 amide bonds. The van der Waals surface area contributed by atoms with Crippen LogP contribution in [0.5, 0.6) is 0 Å². The van der Waals surface area contributed by atoms with Gasteiger partial charge in [0.05, 0.1) is 0 Å². The Bertz CT molecular complexity index is 1030. The summed E-state index contributed by atoms with van der Waals surface area (Å²) in [5, 5.41) is 1.19. The van der Waals surface area contributed by atoms with Crippen LogP contribution in [0.3, 0.4) is 0 Å². The molecule has 0 fully saturated rings. The van der Waals surface area contributed by atoms with Crippen molar-refractivity contribution >= 4 is 68.6 Å². The zero-order valence-corrected chi connectivity index (χ0v) is 26.3. The van der Waals surface area contributed by atoms with Crippen molar-refractivity contribution in [3.05, 3.63) is 132 Å². The monoisotopic (exact) mass is 610 g/mol. The van der Waals surface area contributed by atoms with Crippen LogP contribution in [0.25, 0.3) is 0 Å². The molecule has 6 heteroatoms. The van der Waals surface area contributed by atoms with Crippen LogP contribution in [-0.4, -0.2) is 33.5 Å². The minimum atomic E-state index is 0.594. The fraction of sp³-hybridized carbons (Fsp3) is 0.250. The van der Waals surface area contributed by atoms with Gasteiger partial charge in [0.1, 0.15) is 0 Å². The van der Waals surface area contributed by atoms with Crippen LogP contribution in [0.2, 0.25) is 0 Å². The molecule has 0 N–H and O–H groups in total. The first kappa shape index (κ1) is 30.0. The molecule has 0 saturated heterocycles. The van der Waals surface area contributed by atoms with Crippen molar-refractivity contribution in [3.63, 3.8) is 0 Å². The molecule has 0 aromatic heterocycles. The summed E-state index contributed by atoms with van der Waals surface area (Å²) in [6.45, 7) is 0. The molecule has 0 aliphatic rings. The summed E-state index contributed by atoms with van der Waals surface area (Å²) in [7, 11) is 4.11. The maximum Gasteiger partial charge on any atom is 0.0284 e. The molecule has 0 bridgehead atoms. The summed E-state index contributed by atoms with van der Waals surface area (Å²) in [5.74, 6) is 6.81. The lowest BCUT2D eigenvalue weighted by molar-refractivity contribution is 1.14. The molecule has 4 aromatic carbocycles. The van der Waals surface area contributed by atoms with Crippen molar-refractivity contribution in [2.75, 3.05) is 23.0 Å². The van der Waals surface area contributed by atoms with Gasteiger partial charge in [0.2, 0.25) is 0 Å². The van der Waals surface area contributed by atoms with Gasteiger partial charge >= 0.3 is 0 Å². The smallest absolute Gasteiger partial charge is 0.0284 e. The van der Waals surface area contributed by atoms with Crippen LogP contribution in [0.1, 0.15) is 11.1 Å². The molecule has 4 aromatic rings. The first-order valence-electron chi connectivity index (χ1n) is 12.8. The van der Waals surface area contributed by atoms with Crippen LogP contribution in [0.4, 0.5) is 0 Å². The number of hydrogen-bond acceptors (Lipinski definition) is 6. The summed E-state index contributed by atoms with van der Waals surface area (Å²) in [4.78, 5) is 2.75. The van der Waals surface area contributed by atoms with Gasteiger partial charge in [0, 0.05) is 54.8 Å². The molecule has 0 nitrogen and oxygen atoms in total. The van der Waals surface area contributed by atoms with Crippen LogP contribution < -0.4 is 0 Å². The van der Waals surface area contributed by atoms with Gasteiger partial charge in [0.15, 0.2) is 0 Å². The summed E-state index contributed by atoms with van der Waals surface area (Å²) < 4.78 is 0. The largest absolute Gasteiger partial charge is 0.156 e.